The first-order valence-electron chi connectivity index (χ1n) is 7.32. The molecule has 2 aromatic heterocycles. The molecule has 0 unspecified atom stereocenters. The van der Waals surface area contributed by atoms with Crippen molar-refractivity contribution < 1.29 is 4.92 Å². The van der Waals surface area contributed by atoms with Gasteiger partial charge in [0, 0.05) is 24.7 Å². The summed E-state index contributed by atoms with van der Waals surface area (Å²) in [5.74, 6) is -0.527. The highest BCUT2D eigenvalue weighted by atomic mass is 35.5. The van der Waals surface area contributed by atoms with Crippen LogP contribution in [-0.2, 0) is 14.1 Å². The van der Waals surface area contributed by atoms with Gasteiger partial charge in [-0.05, 0) is 17.9 Å². The van der Waals surface area contributed by atoms with Crippen molar-refractivity contribution in [2.24, 2.45) is 14.1 Å². The highest BCUT2D eigenvalue weighted by Gasteiger charge is 2.32. The van der Waals surface area contributed by atoms with Gasteiger partial charge < -0.3 is 10.1 Å². The van der Waals surface area contributed by atoms with Gasteiger partial charge >= 0.3 is 17.2 Å². The summed E-state index contributed by atoms with van der Waals surface area (Å²) in [6.45, 7) is 1.69. The van der Waals surface area contributed by atoms with E-state index in [1.54, 1.807) is 31.2 Å². The Bertz CT molecular complexity index is 1130. The number of aromatic nitrogens is 4. The van der Waals surface area contributed by atoms with Crippen molar-refractivity contribution in [3.8, 4) is 0 Å². The van der Waals surface area contributed by atoms with Gasteiger partial charge in [-0.2, -0.15) is 0 Å². The lowest BCUT2D eigenvalue weighted by Gasteiger charge is -2.14. The van der Waals surface area contributed by atoms with Gasteiger partial charge in [-0.15, -0.1) is 0 Å². The van der Waals surface area contributed by atoms with Gasteiger partial charge in [0.2, 0.25) is 5.65 Å². The van der Waals surface area contributed by atoms with Crippen LogP contribution in [0.5, 0.6) is 0 Å². The lowest BCUT2D eigenvalue weighted by atomic mass is 10.1. The number of nitrogens with zero attached hydrogens (tertiary/aromatic N) is 5. The molecule has 0 saturated carbocycles. The minimum absolute atomic E-state index is 0.0761. The average Bonchev–Trinajstić information content (AvgIpc) is 2.99. The molecular weight excluding hydrogens is 350 g/mol. The fraction of sp³-hybridized carbons (Fsp3) is 0.267. The van der Waals surface area contributed by atoms with Crippen molar-refractivity contribution in [2.75, 3.05) is 0 Å². The molecule has 3 rings (SSSR count). The van der Waals surface area contributed by atoms with E-state index in [2.05, 4.69) is 4.98 Å². The highest BCUT2D eigenvalue weighted by molar-refractivity contribution is 6.31. The van der Waals surface area contributed by atoms with Crippen molar-refractivity contribution >= 4 is 28.7 Å². The van der Waals surface area contributed by atoms with E-state index in [9.17, 15) is 19.7 Å². The van der Waals surface area contributed by atoms with Crippen molar-refractivity contribution in [1.29, 1.82) is 0 Å². The zero-order valence-corrected chi connectivity index (χ0v) is 14.4. The first kappa shape index (κ1) is 16.9. The second-order valence-electron chi connectivity index (χ2n) is 5.61. The molecule has 0 bridgehead atoms. The Labute approximate surface area is 145 Å². The molecule has 130 valence electrons. The average molecular weight is 364 g/mol. The second-order valence-corrected chi connectivity index (χ2v) is 6.02. The number of benzene rings is 1. The lowest BCUT2D eigenvalue weighted by Crippen LogP contribution is -2.37. The Morgan fingerprint density at radius 2 is 1.84 bits per heavy atom. The largest absolute Gasteiger partial charge is 0.437 e. The third-order valence-corrected chi connectivity index (χ3v) is 4.52. The van der Waals surface area contributed by atoms with E-state index in [0.29, 0.717) is 10.6 Å². The van der Waals surface area contributed by atoms with Gasteiger partial charge in [-0.3, -0.25) is 13.9 Å². The molecule has 0 saturated heterocycles. The Morgan fingerprint density at radius 1 is 1.20 bits per heavy atom. The quantitative estimate of drug-likeness (QED) is 0.519. The van der Waals surface area contributed by atoms with Gasteiger partial charge in [-0.1, -0.05) is 34.8 Å². The predicted molar refractivity (Wildman–Crippen MR) is 92.1 cm³/mol. The fourth-order valence-electron chi connectivity index (χ4n) is 2.88. The number of hydrogen-bond donors (Lipinski definition) is 0. The Morgan fingerprint density at radius 3 is 2.44 bits per heavy atom. The summed E-state index contributed by atoms with van der Waals surface area (Å²) in [6, 6.07) is 6.26. The van der Waals surface area contributed by atoms with Crippen LogP contribution in [0.4, 0.5) is 5.95 Å². The van der Waals surface area contributed by atoms with Crippen LogP contribution in [0.2, 0.25) is 5.02 Å². The van der Waals surface area contributed by atoms with E-state index >= 15 is 0 Å². The molecule has 0 amide bonds. The van der Waals surface area contributed by atoms with Crippen LogP contribution in [0.25, 0.3) is 11.2 Å². The molecule has 0 aliphatic heterocycles. The number of aryl methyl sites for hydroxylation is 1. The molecule has 10 heteroatoms. The Kier molecular flexibility index (Phi) is 3.96. The van der Waals surface area contributed by atoms with Crippen molar-refractivity contribution in [2.45, 2.75) is 13.0 Å². The van der Waals surface area contributed by atoms with E-state index in [1.165, 1.54) is 23.2 Å². The molecule has 0 aliphatic rings. The predicted octanol–water partition coefficient (Wildman–Crippen LogP) is 1.60. The molecular formula is C15H14ClN5O4. The smallest absolute Gasteiger partial charge is 0.390 e. The molecule has 9 nitrogen and oxygen atoms in total. The molecule has 2 heterocycles. The van der Waals surface area contributed by atoms with Gasteiger partial charge in [0.15, 0.2) is 0 Å². The van der Waals surface area contributed by atoms with Crippen LogP contribution in [0, 0.1) is 10.1 Å². The summed E-state index contributed by atoms with van der Waals surface area (Å²) in [5, 5.41) is 11.9. The SMILES string of the molecule is C[C@@H](c1ccccc1Cl)n1c([N+](=O)[O-])nc2c(=O)n(C)c(=O)n(C)c21. The minimum Gasteiger partial charge on any atom is -0.390 e. The summed E-state index contributed by atoms with van der Waals surface area (Å²) in [4.78, 5) is 39.3. The van der Waals surface area contributed by atoms with E-state index in [4.69, 9.17) is 11.6 Å². The van der Waals surface area contributed by atoms with Crippen LogP contribution >= 0.6 is 11.6 Å². The van der Waals surface area contributed by atoms with Crippen LogP contribution in [-0.4, -0.2) is 23.6 Å². The summed E-state index contributed by atoms with van der Waals surface area (Å²) < 4.78 is 3.28. The van der Waals surface area contributed by atoms with Crippen LogP contribution in [0.3, 0.4) is 0 Å². The van der Waals surface area contributed by atoms with Crippen molar-refractivity contribution in [3.05, 3.63) is 65.8 Å². The van der Waals surface area contributed by atoms with E-state index in [-0.39, 0.29) is 11.2 Å². The third kappa shape index (κ3) is 2.43. The lowest BCUT2D eigenvalue weighted by molar-refractivity contribution is -0.396. The zero-order chi connectivity index (χ0) is 18.5. The monoisotopic (exact) mass is 363 g/mol. The maximum Gasteiger partial charge on any atom is 0.437 e. The maximum atomic E-state index is 12.3. The van der Waals surface area contributed by atoms with Gasteiger partial charge in [0.1, 0.15) is 6.04 Å². The van der Waals surface area contributed by atoms with E-state index in [1.807, 2.05) is 0 Å². The fourth-order valence-corrected chi connectivity index (χ4v) is 3.17. The molecule has 1 atom stereocenters. The molecule has 0 radical (unpaired) electrons. The van der Waals surface area contributed by atoms with Crippen LogP contribution in [0.15, 0.2) is 33.9 Å². The standard InChI is InChI=1S/C15H14ClN5O4/c1-8(9-6-4-5-7-10(9)16)20-12-11(17-14(20)21(24)25)13(22)19(3)15(23)18(12)2/h4-8H,1-3H3/t8-/m0/s1. The molecule has 25 heavy (non-hydrogen) atoms. The summed E-state index contributed by atoms with van der Waals surface area (Å²) in [7, 11) is 2.73. The molecule has 0 spiro atoms. The van der Waals surface area contributed by atoms with Crippen molar-refractivity contribution in [1.82, 2.24) is 18.7 Å². The number of imidazole rings is 1. The number of nitro groups is 1. The van der Waals surface area contributed by atoms with E-state index in [0.717, 1.165) is 4.57 Å². The molecule has 1 aromatic carbocycles. The number of fused-ring (bicyclic) bond motifs is 1. The van der Waals surface area contributed by atoms with Gasteiger partial charge in [0.05, 0.1) is 0 Å². The third-order valence-electron chi connectivity index (χ3n) is 4.17. The molecule has 0 N–H and O–H groups in total. The van der Waals surface area contributed by atoms with Crippen LogP contribution in [0.1, 0.15) is 18.5 Å². The second kappa shape index (κ2) is 5.85. The van der Waals surface area contributed by atoms with Crippen LogP contribution < -0.4 is 11.2 Å². The Hall–Kier alpha value is -2.94. The number of rotatable bonds is 3. The molecule has 0 fully saturated rings. The topological polar surface area (TPSA) is 105 Å². The first-order chi connectivity index (χ1) is 11.8. The molecule has 0 aliphatic carbocycles. The van der Waals surface area contributed by atoms with Gasteiger partial charge in [0.25, 0.3) is 5.52 Å². The molecule has 3 aromatic rings. The number of hydrogen-bond acceptors (Lipinski definition) is 5. The highest BCUT2D eigenvalue weighted by Crippen LogP contribution is 2.31. The summed E-state index contributed by atoms with van der Waals surface area (Å²) in [5.41, 5.74) is -0.742. The summed E-state index contributed by atoms with van der Waals surface area (Å²) >= 11 is 6.21. The Balaban J connectivity index is 2.47. The first-order valence-corrected chi connectivity index (χ1v) is 7.70. The normalized spacial score (nSPS) is 12.5. The van der Waals surface area contributed by atoms with Crippen molar-refractivity contribution in [3.63, 3.8) is 0 Å². The van der Waals surface area contributed by atoms with E-state index < -0.39 is 28.2 Å². The maximum absolute atomic E-state index is 12.3. The minimum atomic E-state index is -0.689. The summed E-state index contributed by atoms with van der Waals surface area (Å²) in [6.07, 6.45) is 0. The zero-order valence-electron chi connectivity index (χ0n) is 13.6. The number of halogens is 1. The van der Waals surface area contributed by atoms with Gasteiger partial charge in [-0.25, -0.2) is 9.36 Å².